The lowest BCUT2D eigenvalue weighted by molar-refractivity contribution is -0.165. The first-order valence-corrected chi connectivity index (χ1v) is 21.8. The predicted octanol–water partition coefficient (Wildman–Crippen LogP) is 6.41. The molecule has 0 saturated carbocycles. The summed E-state index contributed by atoms with van der Waals surface area (Å²) in [6.45, 7) is 1.96. The molecule has 0 radical (unpaired) electrons. The van der Waals surface area contributed by atoms with Crippen LogP contribution in [0.4, 0.5) is 22.0 Å². The van der Waals surface area contributed by atoms with Gasteiger partial charge >= 0.3 is 18.1 Å². The molecule has 0 aliphatic carbocycles. The smallest absolute Gasteiger partial charge is 0.416 e. The van der Waals surface area contributed by atoms with Gasteiger partial charge in [-0.2, -0.15) is 29.9 Å². The zero-order valence-corrected chi connectivity index (χ0v) is 35.3. The Morgan fingerprint density at radius 1 is 0.781 bits per heavy atom. The summed E-state index contributed by atoms with van der Waals surface area (Å²) in [7, 11) is 0. The second kappa shape index (κ2) is 21.3. The number of aromatic nitrogens is 2. The third-order valence-corrected chi connectivity index (χ3v) is 12.6. The van der Waals surface area contributed by atoms with Gasteiger partial charge in [-0.05, 0) is 96.2 Å². The number of alkyl halides is 3. The van der Waals surface area contributed by atoms with E-state index in [-0.39, 0.29) is 36.9 Å². The zero-order chi connectivity index (χ0) is 46.1. The summed E-state index contributed by atoms with van der Waals surface area (Å²) in [4.78, 5) is 56.1. The van der Waals surface area contributed by atoms with Crippen molar-refractivity contribution in [3.8, 4) is 11.1 Å². The molecule has 7 rings (SSSR count). The second-order valence-corrected chi connectivity index (χ2v) is 16.8. The highest BCUT2D eigenvalue weighted by Gasteiger charge is 2.33. The van der Waals surface area contributed by atoms with Gasteiger partial charge < -0.3 is 34.8 Å². The van der Waals surface area contributed by atoms with Gasteiger partial charge in [0.05, 0.1) is 16.5 Å². The summed E-state index contributed by atoms with van der Waals surface area (Å²) in [6.07, 6.45) is -4.83. The van der Waals surface area contributed by atoms with Gasteiger partial charge in [0.25, 0.3) is 5.56 Å². The lowest BCUT2D eigenvalue weighted by atomic mass is 9.98. The molecule has 0 unspecified atom stereocenters. The number of aliphatic hydroxyl groups excluding tert-OH is 2. The summed E-state index contributed by atoms with van der Waals surface area (Å²) < 4.78 is 69.8. The molecule has 0 bridgehead atoms. The van der Waals surface area contributed by atoms with Crippen LogP contribution in [0.15, 0.2) is 95.8 Å². The molecule has 2 atom stereocenters. The molecule has 5 aromatic rings. The summed E-state index contributed by atoms with van der Waals surface area (Å²) in [6, 6.07) is 24.0. The van der Waals surface area contributed by atoms with E-state index in [1.54, 1.807) is 28.8 Å². The van der Waals surface area contributed by atoms with Crippen LogP contribution in [0, 0.1) is 11.6 Å². The van der Waals surface area contributed by atoms with Gasteiger partial charge in [0, 0.05) is 38.1 Å². The number of likely N-dealkylation sites (tertiary alicyclic amines) is 1. The van der Waals surface area contributed by atoms with E-state index in [0.717, 1.165) is 79.6 Å². The Kier molecular flexibility index (Phi) is 15.9. The number of hydrogen-bond donors (Lipinski definition) is 4. The van der Waals surface area contributed by atoms with Crippen LogP contribution in [0.5, 0.6) is 0 Å². The number of carboxylic acids is 2. The average Bonchev–Trinajstić information content (AvgIpc) is 3.29. The number of hydrogen-bond acceptors (Lipinski definition) is 9. The van der Waals surface area contributed by atoms with Crippen LogP contribution >= 0.6 is 11.8 Å². The molecule has 4 N–H and O–H groups in total. The van der Waals surface area contributed by atoms with E-state index in [9.17, 15) is 41.1 Å². The first kappa shape index (κ1) is 47.8. The van der Waals surface area contributed by atoms with Crippen LogP contribution in [0.2, 0.25) is 0 Å². The van der Waals surface area contributed by atoms with E-state index < -0.39 is 53.1 Å². The fraction of sp³-hybridized carbons (Fsp3) is 0.370. The van der Waals surface area contributed by atoms with Gasteiger partial charge in [0.1, 0.15) is 12.4 Å². The van der Waals surface area contributed by atoms with E-state index in [0.29, 0.717) is 34.9 Å². The van der Waals surface area contributed by atoms with Crippen LogP contribution in [-0.4, -0.2) is 107 Å². The van der Waals surface area contributed by atoms with Crippen molar-refractivity contribution >= 4 is 40.5 Å². The van der Waals surface area contributed by atoms with E-state index in [1.807, 2.05) is 40.9 Å². The van der Waals surface area contributed by atoms with Gasteiger partial charge in [-0.1, -0.05) is 60.7 Å². The molecule has 1 aromatic heterocycles. The maximum atomic E-state index is 14.6. The van der Waals surface area contributed by atoms with E-state index in [4.69, 9.17) is 20.4 Å². The molecule has 2 aliphatic rings. The number of carboxylic acid groups (broad SMARTS) is 2. The lowest BCUT2D eigenvalue weighted by Crippen LogP contribution is -2.50. The van der Waals surface area contributed by atoms with Crippen molar-refractivity contribution in [2.24, 2.45) is 0 Å². The quantitative estimate of drug-likeness (QED) is 0.0962. The standard InChI is InChI=1S/C42H41F5N4O2S.C4H6O6/c43-36-6-3-4-31(40(36)44)14-17-38-48-41(53)35-5-1-2-7-37(35)51(38)27-39(52)50(34-18-22-49(23-19-34)33-20-24-54-25-21-33)26-28-8-10-29(11-9-28)30-12-15-32(16-13-30)42(45,46)47;5-1(3(7)8)2(6)4(9)10/h1-13,15-16,33-34H,14,17-27H2;1-2,5-6H,(H,7,8)(H,9,10)/t;1-,2-/m.1/s1. The third kappa shape index (κ3) is 11.9. The van der Waals surface area contributed by atoms with Crippen molar-refractivity contribution in [1.29, 1.82) is 0 Å². The van der Waals surface area contributed by atoms with Crippen molar-refractivity contribution in [3.63, 3.8) is 0 Å². The predicted molar refractivity (Wildman–Crippen MR) is 229 cm³/mol. The van der Waals surface area contributed by atoms with Gasteiger partial charge in [-0.25, -0.2) is 18.4 Å². The van der Waals surface area contributed by atoms with Gasteiger partial charge in [-0.15, -0.1) is 0 Å². The van der Waals surface area contributed by atoms with Crippen molar-refractivity contribution in [2.75, 3.05) is 24.6 Å². The molecule has 1 amide bonds. The molecule has 2 saturated heterocycles. The highest BCUT2D eigenvalue weighted by atomic mass is 32.2. The highest BCUT2D eigenvalue weighted by Crippen LogP contribution is 2.32. The Morgan fingerprint density at radius 2 is 1.38 bits per heavy atom. The van der Waals surface area contributed by atoms with Gasteiger partial charge in [0.2, 0.25) is 5.91 Å². The minimum Gasteiger partial charge on any atom is -0.479 e. The van der Waals surface area contributed by atoms with Crippen molar-refractivity contribution in [2.45, 2.75) is 82.1 Å². The fourth-order valence-electron chi connectivity index (χ4n) is 8.00. The molecule has 2 fully saturated rings. The normalized spacial score (nSPS) is 16.1. The molecule has 3 heterocycles. The summed E-state index contributed by atoms with van der Waals surface area (Å²) in [5.41, 5.74) is 1.80. The number of halogens is 5. The van der Waals surface area contributed by atoms with Crippen LogP contribution in [-0.2, 0) is 46.5 Å². The lowest BCUT2D eigenvalue weighted by Gasteiger charge is -2.42. The van der Waals surface area contributed by atoms with Crippen molar-refractivity contribution in [1.82, 2.24) is 19.4 Å². The van der Waals surface area contributed by atoms with E-state index in [2.05, 4.69) is 9.88 Å². The maximum Gasteiger partial charge on any atom is 0.416 e. The zero-order valence-electron chi connectivity index (χ0n) is 34.5. The minimum absolute atomic E-state index is 0.0512. The number of aliphatic carboxylic acids is 2. The SMILES string of the molecule is O=C(Cn1c(CCc2cccc(F)c2F)nc(=O)c2ccccc21)N(Cc1ccc(-c2ccc(C(F)(F)F)cc2)cc1)C1CCN(C2CCSCC2)CC1.O=C(O)[C@H](O)[C@@H](O)C(=O)O. The number of carbonyl (C=O) groups is 3. The molecular formula is C46H47F5N4O8S. The van der Waals surface area contributed by atoms with Gasteiger partial charge in [-0.3, -0.25) is 9.59 Å². The molecule has 64 heavy (non-hydrogen) atoms. The number of para-hydroxylation sites is 1. The molecule has 4 aromatic carbocycles. The minimum atomic E-state index is -4.42. The first-order chi connectivity index (χ1) is 30.5. The molecule has 2 aliphatic heterocycles. The highest BCUT2D eigenvalue weighted by molar-refractivity contribution is 7.99. The number of thioether (sulfide) groups is 1. The first-order valence-electron chi connectivity index (χ1n) is 20.6. The molecule has 0 spiro atoms. The van der Waals surface area contributed by atoms with E-state index >= 15 is 0 Å². The number of nitrogens with zero attached hydrogens (tertiary/aromatic N) is 4. The number of carbonyl (C=O) groups excluding carboxylic acids is 1. The van der Waals surface area contributed by atoms with Crippen LogP contribution in [0.25, 0.3) is 22.0 Å². The Bertz CT molecular complexity index is 2460. The summed E-state index contributed by atoms with van der Waals surface area (Å²) in [5, 5.41) is 32.9. The Hall–Kier alpha value is -5.69. The number of aryl methyl sites for hydroxylation is 2. The van der Waals surface area contributed by atoms with E-state index in [1.165, 1.54) is 24.3 Å². The van der Waals surface area contributed by atoms with Crippen molar-refractivity contribution in [3.05, 3.63) is 135 Å². The number of benzene rings is 4. The summed E-state index contributed by atoms with van der Waals surface area (Å²) >= 11 is 1.99. The van der Waals surface area contributed by atoms with Crippen LogP contribution in [0.3, 0.4) is 0 Å². The summed E-state index contributed by atoms with van der Waals surface area (Å²) in [5.74, 6) is -2.98. The number of fused-ring (bicyclic) bond motifs is 1. The molecule has 340 valence electrons. The maximum absolute atomic E-state index is 14.6. The number of rotatable bonds is 13. The number of piperidine rings is 1. The molecule has 12 nitrogen and oxygen atoms in total. The van der Waals surface area contributed by atoms with Crippen LogP contribution < -0.4 is 5.56 Å². The largest absolute Gasteiger partial charge is 0.479 e. The fourth-order valence-corrected chi connectivity index (χ4v) is 9.08. The monoisotopic (exact) mass is 910 g/mol. The topological polar surface area (TPSA) is 174 Å². The van der Waals surface area contributed by atoms with Crippen molar-refractivity contribution < 1.29 is 56.8 Å². The van der Waals surface area contributed by atoms with Crippen LogP contribution in [0.1, 0.15) is 48.2 Å². The Balaban J connectivity index is 0.000000608. The number of aliphatic hydroxyl groups is 2. The second-order valence-electron chi connectivity index (χ2n) is 15.6. The molecular weight excluding hydrogens is 864 g/mol. The third-order valence-electron chi connectivity index (χ3n) is 11.5. The average molecular weight is 911 g/mol. The molecule has 18 heteroatoms. The number of amides is 1. The Labute approximate surface area is 369 Å². The van der Waals surface area contributed by atoms with Gasteiger partial charge in [0.15, 0.2) is 23.8 Å². The Morgan fingerprint density at radius 3 is 1.97 bits per heavy atom.